The number of rotatable bonds is 11. The van der Waals surface area contributed by atoms with E-state index in [1.54, 1.807) is 18.2 Å². The third-order valence-electron chi connectivity index (χ3n) is 5.74. The Labute approximate surface area is 205 Å². The Morgan fingerprint density at radius 3 is 2.53 bits per heavy atom. The number of aromatic amines is 1. The summed E-state index contributed by atoms with van der Waals surface area (Å²) in [7, 11) is 1.53. The van der Waals surface area contributed by atoms with Crippen molar-refractivity contribution in [1.82, 2.24) is 4.98 Å². The normalized spacial score (nSPS) is 17.5. The molecule has 0 spiro atoms. The second-order valence-corrected chi connectivity index (χ2v) is 8.09. The van der Waals surface area contributed by atoms with E-state index in [0.717, 1.165) is 5.39 Å². The highest BCUT2D eigenvalue weighted by atomic mass is 16.7. The Hall–Kier alpha value is -3.52. The number of aromatic hydroxyl groups is 1. The van der Waals surface area contributed by atoms with Gasteiger partial charge in [-0.15, -0.1) is 0 Å². The molecule has 1 aliphatic heterocycles. The molecule has 0 radical (unpaired) electrons. The van der Waals surface area contributed by atoms with Gasteiger partial charge in [0.05, 0.1) is 31.6 Å². The van der Waals surface area contributed by atoms with Crippen LogP contribution in [0, 0.1) is 0 Å². The van der Waals surface area contributed by atoms with Gasteiger partial charge in [0.1, 0.15) is 41.6 Å². The van der Waals surface area contributed by atoms with Crippen LogP contribution in [-0.2, 0) is 9.57 Å². The minimum atomic E-state index is -1.76. The van der Waals surface area contributed by atoms with Crippen LogP contribution in [0.3, 0.4) is 0 Å². The quantitative estimate of drug-likeness (QED) is 0.109. The fourth-order valence-electron chi connectivity index (χ4n) is 3.82. The molecular weight excluding hydrogens is 474 g/mol. The van der Waals surface area contributed by atoms with Gasteiger partial charge in [0.25, 0.3) is 0 Å². The average molecular weight is 501 g/mol. The monoisotopic (exact) mass is 501 g/mol. The van der Waals surface area contributed by atoms with Crippen LogP contribution in [0.2, 0.25) is 0 Å². The van der Waals surface area contributed by atoms with Crippen LogP contribution < -0.4 is 4.74 Å². The summed E-state index contributed by atoms with van der Waals surface area (Å²) in [5.74, 6) is 0.484. The third-order valence-corrected chi connectivity index (χ3v) is 5.74. The van der Waals surface area contributed by atoms with E-state index in [1.165, 1.54) is 7.11 Å². The van der Waals surface area contributed by atoms with Gasteiger partial charge in [-0.3, -0.25) is 0 Å². The number of fused-ring (bicyclic) bond motifs is 2. The number of hydrogen-bond acceptors (Lipinski definition) is 11. The molecule has 7 N–H and O–H groups in total. The molecule has 2 aromatic carbocycles. The molecule has 0 saturated heterocycles. The number of H-pyrrole nitrogens is 1. The van der Waals surface area contributed by atoms with Gasteiger partial charge >= 0.3 is 0 Å². The van der Waals surface area contributed by atoms with Crippen molar-refractivity contribution < 1.29 is 45.0 Å². The number of aliphatic hydroxyl groups excluding tert-OH is 5. The van der Waals surface area contributed by atoms with Gasteiger partial charge in [0.2, 0.25) is 6.79 Å². The number of aliphatic hydroxyl groups is 5. The first kappa shape index (κ1) is 25.6. The zero-order valence-corrected chi connectivity index (χ0v) is 19.3. The Balaban J connectivity index is 1.52. The summed E-state index contributed by atoms with van der Waals surface area (Å²) in [5, 5.41) is 63.2. The molecule has 0 aliphatic carbocycles. The van der Waals surface area contributed by atoms with Crippen molar-refractivity contribution in [2.75, 3.05) is 27.1 Å². The standard InChI is InChI=1S/C24H27N3O9/c1-34-12-6-7-16-14(8-12)20(21(25-16)19-13-4-2-3-5-15(13)26-24(19)33)27-36-11-35-10-18(30)23(32)22(31)17(29)9-28/h2-8,17-18,22-23,26,28-33H,9-11H2,1H3/b27-20+. The highest BCUT2D eigenvalue weighted by Crippen LogP contribution is 2.37. The summed E-state index contributed by atoms with van der Waals surface area (Å²) in [6.45, 7) is -1.66. The zero-order valence-electron chi connectivity index (χ0n) is 19.3. The van der Waals surface area contributed by atoms with E-state index in [0.29, 0.717) is 39.5 Å². The molecule has 4 rings (SSSR count). The lowest BCUT2D eigenvalue weighted by Gasteiger charge is -2.25. The van der Waals surface area contributed by atoms with E-state index in [1.807, 2.05) is 24.3 Å². The van der Waals surface area contributed by atoms with Gasteiger partial charge in [-0.2, -0.15) is 0 Å². The van der Waals surface area contributed by atoms with Crippen molar-refractivity contribution in [2.24, 2.45) is 10.1 Å². The summed E-state index contributed by atoms with van der Waals surface area (Å²) in [5.41, 5.74) is 3.03. The summed E-state index contributed by atoms with van der Waals surface area (Å²) in [4.78, 5) is 12.9. The number of methoxy groups -OCH3 is 1. The Morgan fingerprint density at radius 1 is 1.03 bits per heavy atom. The van der Waals surface area contributed by atoms with Gasteiger partial charge in [-0.1, -0.05) is 23.4 Å². The van der Waals surface area contributed by atoms with Gasteiger partial charge in [-0.25, -0.2) is 4.99 Å². The summed E-state index contributed by atoms with van der Waals surface area (Å²) in [6.07, 6.45) is -6.69. The lowest BCUT2D eigenvalue weighted by Crippen LogP contribution is -2.47. The predicted molar refractivity (Wildman–Crippen MR) is 129 cm³/mol. The lowest BCUT2D eigenvalue weighted by atomic mass is 10.0. The van der Waals surface area contributed by atoms with E-state index in [-0.39, 0.29) is 5.88 Å². The second kappa shape index (κ2) is 11.0. The molecule has 0 amide bonds. The maximum absolute atomic E-state index is 10.6. The molecule has 12 nitrogen and oxygen atoms in total. The number of ether oxygens (including phenoxy) is 2. The van der Waals surface area contributed by atoms with E-state index < -0.39 is 44.4 Å². The molecule has 1 aromatic heterocycles. The van der Waals surface area contributed by atoms with Crippen LogP contribution in [-0.4, -0.2) is 98.6 Å². The first-order valence-corrected chi connectivity index (χ1v) is 11.0. The highest BCUT2D eigenvalue weighted by molar-refractivity contribution is 6.58. The number of benzene rings is 2. The number of aromatic nitrogens is 1. The minimum Gasteiger partial charge on any atom is -0.497 e. The average Bonchev–Trinajstić information content (AvgIpc) is 3.42. The zero-order chi connectivity index (χ0) is 25.8. The number of nitrogens with zero attached hydrogens (tertiary/aromatic N) is 2. The first-order valence-electron chi connectivity index (χ1n) is 11.0. The summed E-state index contributed by atoms with van der Waals surface area (Å²) >= 11 is 0. The molecule has 0 bridgehead atoms. The molecule has 4 unspecified atom stereocenters. The Morgan fingerprint density at radius 2 is 1.78 bits per heavy atom. The summed E-state index contributed by atoms with van der Waals surface area (Å²) in [6, 6.07) is 12.6. The largest absolute Gasteiger partial charge is 0.497 e. The van der Waals surface area contributed by atoms with Crippen molar-refractivity contribution in [3.63, 3.8) is 0 Å². The third kappa shape index (κ3) is 5.04. The smallest absolute Gasteiger partial charge is 0.216 e. The van der Waals surface area contributed by atoms with E-state index >= 15 is 0 Å². The molecule has 2 heterocycles. The minimum absolute atomic E-state index is 0.0839. The fourth-order valence-corrected chi connectivity index (χ4v) is 3.82. The van der Waals surface area contributed by atoms with E-state index in [2.05, 4.69) is 15.1 Å². The molecule has 4 atom stereocenters. The molecular formula is C24H27N3O9. The van der Waals surface area contributed by atoms with Gasteiger partial charge in [0.15, 0.2) is 5.88 Å². The SMILES string of the molecule is COc1ccc2c(c1)/C(=N\OCOCC(O)C(O)C(O)C(O)CO)C(c1c(O)[nH]c3ccccc13)=N2. The molecule has 0 saturated carbocycles. The maximum atomic E-state index is 10.6. The van der Waals surface area contributed by atoms with Gasteiger partial charge in [0, 0.05) is 16.5 Å². The number of oxime groups is 1. The molecule has 12 heteroatoms. The highest BCUT2D eigenvalue weighted by Gasteiger charge is 2.31. The molecule has 3 aromatic rings. The topological polar surface area (TPSA) is 190 Å². The van der Waals surface area contributed by atoms with Crippen LogP contribution >= 0.6 is 0 Å². The Kier molecular flexibility index (Phi) is 7.84. The van der Waals surface area contributed by atoms with E-state index in [9.17, 15) is 25.5 Å². The molecule has 36 heavy (non-hydrogen) atoms. The van der Waals surface area contributed by atoms with E-state index in [4.69, 9.17) is 19.4 Å². The number of para-hydroxylation sites is 1. The van der Waals surface area contributed by atoms with Gasteiger partial charge in [-0.05, 0) is 24.3 Å². The fraction of sp³-hybridized carbons (Fsp3) is 0.333. The first-order chi connectivity index (χ1) is 17.3. The second-order valence-electron chi connectivity index (χ2n) is 8.09. The van der Waals surface area contributed by atoms with Crippen molar-refractivity contribution in [3.8, 4) is 11.6 Å². The lowest BCUT2D eigenvalue weighted by molar-refractivity contribution is -0.144. The number of hydrogen-bond donors (Lipinski definition) is 7. The number of aliphatic imine (C=N–C) groups is 1. The van der Waals surface area contributed by atoms with Crippen molar-refractivity contribution >= 4 is 28.0 Å². The predicted octanol–water partition coefficient (Wildman–Crippen LogP) is 0.147. The van der Waals surface area contributed by atoms with Crippen LogP contribution in [0.1, 0.15) is 11.1 Å². The number of nitrogens with one attached hydrogen (secondary N) is 1. The summed E-state index contributed by atoms with van der Waals surface area (Å²) < 4.78 is 10.5. The van der Waals surface area contributed by atoms with Crippen molar-refractivity contribution in [2.45, 2.75) is 24.4 Å². The van der Waals surface area contributed by atoms with Crippen LogP contribution in [0.5, 0.6) is 11.6 Å². The molecule has 1 aliphatic rings. The maximum Gasteiger partial charge on any atom is 0.216 e. The van der Waals surface area contributed by atoms with Crippen LogP contribution in [0.15, 0.2) is 52.6 Å². The van der Waals surface area contributed by atoms with Crippen molar-refractivity contribution in [1.29, 1.82) is 0 Å². The van der Waals surface area contributed by atoms with Crippen molar-refractivity contribution in [3.05, 3.63) is 53.6 Å². The Bertz CT molecular complexity index is 1270. The van der Waals surface area contributed by atoms with Crippen LogP contribution in [0.25, 0.3) is 10.9 Å². The molecule has 192 valence electrons. The van der Waals surface area contributed by atoms with Gasteiger partial charge < -0.3 is 49.9 Å². The molecule has 0 fully saturated rings. The van der Waals surface area contributed by atoms with Crippen LogP contribution in [0.4, 0.5) is 5.69 Å².